The van der Waals surface area contributed by atoms with Crippen LogP contribution in [-0.2, 0) is 13.6 Å². The van der Waals surface area contributed by atoms with E-state index in [2.05, 4.69) is 22.0 Å². The highest BCUT2D eigenvalue weighted by Crippen LogP contribution is 2.40. The molecule has 1 aliphatic heterocycles. The Labute approximate surface area is 181 Å². The van der Waals surface area contributed by atoms with Crippen LogP contribution in [-0.4, -0.2) is 21.6 Å². The van der Waals surface area contributed by atoms with E-state index in [1.807, 2.05) is 55.7 Å². The number of pyridine rings is 2. The number of hydrogen-bond donors (Lipinski definition) is 0. The van der Waals surface area contributed by atoms with Gasteiger partial charge < -0.3 is 9.30 Å². The van der Waals surface area contributed by atoms with Crippen LogP contribution in [0.1, 0.15) is 34.3 Å². The van der Waals surface area contributed by atoms with Gasteiger partial charge in [-0.2, -0.15) is 0 Å². The molecule has 0 N–H and O–H groups in total. The molecule has 4 rings (SSSR count). The molecular weight excluding hydrogens is 398 g/mol. The highest BCUT2D eigenvalue weighted by atomic mass is 35.5. The highest BCUT2D eigenvalue weighted by molar-refractivity contribution is 6.30. The summed E-state index contributed by atoms with van der Waals surface area (Å²) < 4.78 is 7.03. The molecule has 5 nitrogen and oxygen atoms in total. The normalized spacial score (nSPS) is 18.7. The second kappa shape index (κ2) is 8.46. The van der Waals surface area contributed by atoms with E-state index in [0.717, 1.165) is 39.6 Å². The molecule has 2 unspecified atom stereocenters. The fourth-order valence-corrected chi connectivity index (χ4v) is 4.11. The Bertz CT molecular complexity index is 1110. The molecule has 0 amide bonds. The molecule has 2 atom stereocenters. The van der Waals surface area contributed by atoms with Gasteiger partial charge in [0.2, 0.25) is 0 Å². The van der Waals surface area contributed by atoms with Gasteiger partial charge in [0.1, 0.15) is 5.75 Å². The zero-order valence-corrected chi connectivity index (χ0v) is 18.0. The average molecular weight is 422 g/mol. The molecule has 0 saturated heterocycles. The molecule has 0 fully saturated rings. The minimum absolute atomic E-state index is 0.0264. The maximum absolute atomic E-state index is 12.2. The topological polar surface area (TPSA) is 47.4 Å². The minimum atomic E-state index is 0.0264. The van der Waals surface area contributed by atoms with Crippen LogP contribution in [0.3, 0.4) is 0 Å². The van der Waals surface area contributed by atoms with Crippen molar-refractivity contribution in [3.05, 3.63) is 105 Å². The number of benzene rings is 1. The summed E-state index contributed by atoms with van der Waals surface area (Å²) in [6.07, 6.45) is 9.89. The SMILES string of the molecule is COc1cncc(C2C=CC(c3cc(C)c(=O)n(C)c3)N2Cc2ccc(Cl)cc2)c1. The number of hydrogen-bond acceptors (Lipinski definition) is 4. The monoisotopic (exact) mass is 421 g/mol. The molecule has 2 aromatic heterocycles. The molecule has 1 aliphatic rings. The summed E-state index contributed by atoms with van der Waals surface area (Å²) in [5, 5.41) is 0.720. The van der Waals surface area contributed by atoms with Crippen LogP contribution in [0.25, 0.3) is 0 Å². The Morgan fingerprint density at radius 2 is 1.77 bits per heavy atom. The van der Waals surface area contributed by atoms with Crippen LogP contribution < -0.4 is 10.3 Å². The fraction of sp³-hybridized carbons (Fsp3) is 0.250. The summed E-state index contributed by atoms with van der Waals surface area (Å²) >= 11 is 6.08. The summed E-state index contributed by atoms with van der Waals surface area (Å²) in [4.78, 5) is 18.9. The molecule has 3 heterocycles. The van der Waals surface area contributed by atoms with E-state index >= 15 is 0 Å². The largest absolute Gasteiger partial charge is 0.495 e. The summed E-state index contributed by atoms with van der Waals surface area (Å²) in [6, 6.07) is 12.0. The van der Waals surface area contributed by atoms with Gasteiger partial charge in [-0.05, 0) is 47.9 Å². The van der Waals surface area contributed by atoms with Crippen LogP contribution >= 0.6 is 11.6 Å². The van der Waals surface area contributed by atoms with E-state index in [1.165, 1.54) is 0 Å². The van der Waals surface area contributed by atoms with Crippen LogP contribution in [0.2, 0.25) is 5.02 Å². The lowest BCUT2D eigenvalue weighted by Crippen LogP contribution is -2.28. The lowest BCUT2D eigenvalue weighted by molar-refractivity contribution is 0.200. The fourth-order valence-electron chi connectivity index (χ4n) is 3.99. The Morgan fingerprint density at radius 3 is 2.43 bits per heavy atom. The first kappa shape index (κ1) is 20.4. The van der Waals surface area contributed by atoms with Crippen molar-refractivity contribution in [3.63, 3.8) is 0 Å². The number of nitrogens with zero attached hydrogens (tertiary/aromatic N) is 3. The Kier molecular flexibility index (Phi) is 5.75. The molecule has 6 heteroatoms. The number of halogens is 1. The summed E-state index contributed by atoms with van der Waals surface area (Å²) in [5.41, 5.74) is 4.07. The first-order chi connectivity index (χ1) is 14.5. The van der Waals surface area contributed by atoms with Crippen molar-refractivity contribution in [2.24, 2.45) is 7.05 Å². The first-order valence-electron chi connectivity index (χ1n) is 9.81. The van der Waals surface area contributed by atoms with Crippen molar-refractivity contribution in [1.82, 2.24) is 14.5 Å². The van der Waals surface area contributed by atoms with E-state index in [1.54, 1.807) is 24.9 Å². The smallest absolute Gasteiger partial charge is 0.253 e. The number of aryl methyl sites for hydroxylation is 2. The van der Waals surface area contributed by atoms with E-state index in [4.69, 9.17) is 16.3 Å². The minimum Gasteiger partial charge on any atom is -0.495 e. The predicted octanol–water partition coefficient (Wildman–Crippen LogP) is 4.61. The zero-order chi connectivity index (χ0) is 21.3. The molecular formula is C24H24ClN3O2. The summed E-state index contributed by atoms with van der Waals surface area (Å²) in [7, 11) is 3.44. The van der Waals surface area contributed by atoms with E-state index < -0.39 is 0 Å². The van der Waals surface area contributed by atoms with Crippen molar-refractivity contribution >= 4 is 11.6 Å². The first-order valence-corrected chi connectivity index (χ1v) is 10.2. The maximum atomic E-state index is 12.2. The van der Waals surface area contributed by atoms with Gasteiger partial charge in [-0.3, -0.25) is 14.7 Å². The molecule has 0 spiro atoms. The molecule has 0 bridgehead atoms. The number of ether oxygens (including phenoxy) is 1. The number of rotatable bonds is 5. The third-order valence-electron chi connectivity index (χ3n) is 5.51. The van der Waals surface area contributed by atoms with E-state index in [0.29, 0.717) is 0 Å². The van der Waals surface area contributed by atoms with Gasteiger partial charge in [0, 0.05) is 36.6 Å². The van der Waals surface area contributed by atoms with Crippen LogP contribution in [0.4, 0.5) is 0 Å². The molecule has 154 valence electrons. The Balaban J connectivity index is 1.74. The van der Waals surface area contributed by atoms with Crippen molar-refractivity contribution in [1.29, 1.82) is 0 Å². The van der Waals surface area contributed by atoms with Gasteiger partial charge in [-0.25, -0.2) is 0 Å². The number of aromatic nitrogens is 2. The predicted molar refractivity (Wildman–Crippen MR) is 119 cm³/mol. The third-order valence-corrected chi connectivity index (χ3v) is 5.76. The summed E-state index contributed by atoms with van der Waals surface area (Å²) in [6.45, 7) is 2.58. The Morgan fingerprint density at radius 1 is 1.07 bits per heavy atom. The van der Waals surface area contributed by atoms with Crippen LogP contribution in [0.5, 0.6) is 5.75 Å². The quantitative estimate of drug-likeness (QED) is 0.564. The van der Waals surface area contributed by atoms with E-state index in [-0.39, 0.29) is 17.6 Å². The summed E-state index contributed by atoms with van der Waals surface area (Å²) in [5.74, 6) is 0.730. The number of methoxy groups -OCH3 is 1. The van der Waals surface area contributed by atoms with Gasteiger partial charge in [-0.15, -0.1) is 0 Å². The van der Waals surface area contributed by atoms with Crippen LogP contribution in [0.15, 0.2) is 71.9 Å². The van der Waals surface area contributed by atoms with Gasteiger partial charge >= 0.3 is 0 Å². The van der Waals surface area contributed by atoms with Gasteiger partial charge in [0.05, 0.1) is 25.4 Å². The maximum Gasteiger partial charge on any atom is 0.253 e. The van der Waals surface area contributed by atoms with E-state index in [9.17, 15) is 4.79 Å². The average Bonchev–Trinajstić information content (AvgIpc) is 3.17. The van der Waals surface area contributed by atoms with Gasteiger partial charge in [0.25, 0.3) is 5.56 Å². The highest BCUT2D eigenvalue weighted by Gasteiger charge is 2.31. The molecule has 30 heavy (non-hydrogen) atoms. The van der Waals surface area contributed by atoms with Crippen molar-refractivity contribution in [3.8, 4) is 5.75 Å². The zero-order valence-electron chi connectivity index (χ0n) is 17.2. The second-order valence-electron chi connectivity index (χ2n) is 7.60. The second-order valence-corrected chi connectivity index (χ2v) is 8.04. The van der Waals surface area contributed by atoms with Crippen LogP contribution in [0, 0.1) is 6.92 Å². The molecule has 0 radical (unpaired) electrons. The Hall–Kier alpha value is -2.89. The van der Waals surface area contributed by atoms with Crippen molar-refractivity contribution < 1.29 is 4.74 Å². The van der Waals surface area contributed by atoms with Gasteiger partial charge in [0.15, 0.2) is 0 Å². The molecule has 1 aromatic carbocycles. The lowest BCUT2D eigenvalue weighted by atomic mass is 10.0. The van der Waals surface area contributed by atoms with Crippen molar-refractivity contribution in [2.45, 2.75) is 25.6 Å². The third kappa shape index (κ3) is 4.04. The molecule has 3 aromatic rings. The lowest BCUT2D eigenvalue weighted by Gasteiger charge is -2.31. The standard InChI is InChI=1S/C24H24ClN3O2/c1-16-10-19(15-27(2)24(16)29)23-9-8-22(18-11-21(30-3)13-26-12-18)28(23)14-17-4-6-20(25)7-5-17/h4-13,15,22-23H,14H2,1-3H3. The van der Waals surface area contributed by atoms with Gasteiger partial charge in [-0.1, -0.05) is 35.9 Å². The molecule has 0 saturated carbocycles. The molecule has 0 aliphatic carbocycles. The van der Waals surface area contributed by atoms with Crippen molar-refractivity contribution in [2.75, 3.05) is 7.11 Å².